The van der Waals surface area contributed by atoms with Gasteiger partial charge in [0.25, 0.3) is 0 Å². The van der Waals surface area contributed by atoms with E-state index in [9.17, 15) is 0 Å². The van der Waals surface area contributed by atoms with Gasteiger partial charge in [0.15, 0.2) is 0 Å². The molecule has 0 amide bonds. The minimum absolute atomic E-state index is 0.411. The molecule has 0 aliphatic heterocycles. The summed E-state index contributed by atoms with van der Waals surface area (Å²) in [4.78, 5) is 13.7. The molecule has 4 heteroatoms. The fourth-order valence-corrected chi connectivity index (χ4v) is 2.98. The molecule has 4 nitrogen and oxygen atoms in total. The Balaban J connectivity index is 0.00000109. The molecule has 0 aliphatic carbocycles. The summed E-state index contributed by atoms with van der Waals surface area (Å²) in [5, 5.41) is 0. The maximum Gasteiger partial charge on any atom is 0.104 e. The number of aromatic nitrogens is 3. The summed E-state index contributed by atoms with van der Waals surface area (Å²) in [6.45, 7) is 9.74. The molecule has 0 unspecified atom stereocenters. The van der Waals surface area contributed by atoms with Gasteiger partial charge in [-0.15, -0.1) is 0 Å². The Kier molecular flexibility index (Phi) is 5.80. The van der Waals surface area contributed by atoms with Crippen molar-refractivity contribution in [1.82, 2.24) is 15.0 Å². The van der Waals surface area contributed by atoms with Gasteiger partial charge < -0.3 is 5.73 Å². The summed E-state index contributed by atoms with van der Waals surface area (Å²) in [6, 6.07) is 20.4. The first-order valence-electron chi connectivity index (χ1n) is 9.37. The first-order valence-corrected chi connectivity index (χ1v) is 9.37. The van der Waals surface area contributed by atoms with Crippen molar-refractivity contribution < 1.29 is 0 Å². The van der Waals surface area contributed by atoms with Gasteiger partial charge in [0.2, 0.25) is 0 Å². The van der Waals surface area contributed by atoms with Gasteiger partial charge in [-0.05, 0) is 42.3 Å². The van der Waals surface area contributed by atoms with Crippen molar-refractivity contribution in [2.24, 2.45) is 5.73 Å². The van der Waals surface area contributed by atoms with E-state index in [1.54, 1.807) is 6.20 Å². The van der Waals surface area contributed by atoms with Crippen LogP contribution in [0.3, 0.4) is 0 Å². The van der Waals surface area contributed by atoms with Crippen molar-refractivity contribution >= 4 is 16.7 Å². The van der Waals surface area contributed by atoms with Crippen molar-refractivity contribution in [1.29, 1.82) is 0 Å². The van der Waals surface area contributed by atoms with Crippen LogP contribution in [0.2, 0.25) is 0 Å². The maximum absolute atomic E-state index is 5.76. The summed E-state index contributed by atoms with van der Waals surface area (Å²) in [5.74, 6) is 0. The molecule has 0 spiro atoms. The second-order valence-corrected chi connectivity index (χ2v) is 6.19. The first kappa shape index (κ1) is 19.2. The molecule has 0 bridgehead atoms. The summed E-state index contributed by atoms with van der Waals surface area (Å²) in [5.41, 5.74) is 13.6. The molecule has 0 saturated carbocycles. The SMILES string of the molecule is C=C(N)c1cnc2ccc(-c3ccccc3-c3cccc(C)n3)cc2n1.CC. The van der Waals surface area contributed by atoms with Gasteiger partial charge >= 0.3 is 0 Å². The molecule has 28 heavy (non-hydrogen) atoms. The molecule has 0 fully saturated rings. The Hall–Kier alpha value is -3.53. The van der Waals surface area contributed by atoms with Crippen molar-refractivity contribution in [3.05, 3.63) is 84.8 Å². The fourth-order valence-electron chi connectivity index (χ4n) is 2.98. The van der Waals surface area contributed by atoms with Crippen molar-refractivity contribution in [3.8, 4) is 22.4 Å². The fraction of sp³-hybridized carbons (Fsp3) is 0.125. The number of fused-ring (bicyclic) bond motifs is 1. The number of nitrogens with two attached hydrogens (primary N) is 1. The second kappa shape index (κ2) is 8.44. The van der Waals surface area contributed by atoms with Crippen LogP contribution in [0.15, 0.2) is 73.4 Å². The molecule has 2 N–H and O–H groups in total. The number of hydrogen-bond donors (Lipinski definition) is 1. The lowest BCUT2D eigenvalue weighted by molar-refractivity contribution is 1.20. The highest BCUT2D eigenvalue weighted by Crippen LogP contribution is 2.32. The largest absolute Gasteiger partial charge is 0.397 e. The van der Waals surface area contributed by atoms with Gasteiger partial charge in [0.05, 0.1) is 28.6 Å². The molecule has 2 heterocycles. The zero-order valence-electron chi connectivity index (χ0n) is 16.5. The minimum atomic E-state index is 0.411. The van der Waals surface area contributed by atoms with Crippen molar-refractivity contribution in [2.45, 2.75) is 20.8 Å². The summed E-state index contributed by atoms with van der Waals surface area (Å²) >= 11 is 0. The normalized spacial score (nSPS) is 10.2. The predicted molar refractivity (Wildman–Crippen MR) is 118 cm³/mol. The molecule has 4 aromatic rings. The van der Waals surface area contributed by atoms with E-state index in [0.29, 0.717) is 11.4 Å². The van der Waals surface area contributed by atoms with Crippen LogP contribution in [0.4, 0.5) is 0 Å². The van der Waals surface area contributed by atoms with Gasteiger partial charge in [-0.1, -0.05) is 56.8 Å². The lowest BCUT2D eigenvalue weighted by atomic mass is 9.97. The molecule has 2 aromatic heterocycles. The van der Waals surface area contributed by atoms with Crippen LogP contribution < -0.4 is 5.73 Å². The molecule has 4 rings (SSSR count). The summed E-state index contributed by atoms with van der Waals surface area (Å²) in [7, 11) is 0. The Morgan fingerprint density at radius 2 is 1.61 bits per heavy atom. The van der Waals surface area contributed by atoms with E-state index >= 15 is 0 Å². The molecular formula is C24H24N4. The first-order chi connectivity index (χ1) is 13.6. The van der Waals surface area contributed by atoms with Gasteiger partial charge in [-0.3, -0.25) is 9.97 Å². The number of rotatable bonds is 3. The lowest BCUT2D eigenvalue weighted by Gasteiger charge is -2.11. The number of aryl methyl sites for hydroxylation is 1. The van der Waals surface area contributed by atoms with Gasteiger partial charge in [-0.2, -0.15) is 0 Å². The second-order valence-electron chi connectivity index (χ2n) is 6.19. The smallest absolute Gasteiger partial charge is 0.104 e. The molecule has 0 radical (unpaired) electrons. The van der Waals surface area contributed by atoms with E-state index in [0.717, 1.165) is 39.1 Å². The van der Waals surface area contributed by atoms with E-state index in [1.165, 1.54) is 0 Å². The quantitative estimate of drug-likeness (QED) is 0.509. The average Bonchev–Trinajstić information content (AvgIpc) is 2.74. The monoisotopic (exact) mass is 368 g/mol. The lowest BCUT2D eigenvalue weighted by Crippen LogP contribution is -1.99. The van der Waals surface area contributed by atoms with E-state index in [4.69, 9.17) is 5.73 Å². The van der Waals surface area contributed by atoms with Gasteiger partial charge in [0.1, 0.15) is 5.69 Å². The Morgan fingerprint density at radius 3 is 2.32 bits per heavy atom. The van der Waals surface area contributed by atoms with Crippen LogP contribution in [0.5, 0.6) is 0 Å². The molecule has 0 aliphatic rings. The van der Waals surface area contributed by atoms with Crippen LogP contribution in [0.25, 0.3) is 39.1 Å². The molecular weight excluding hydrogens is 344 g/mol. The summed E-state index contributed by atoms with van der Waals surface area (Å²) < 4.78 is 0. The third-order valence-corrected chi connectivity index (χ3v) is 4.27. The zero-order valence-corrected chi connectivity index (χ0v) is 16.5. The predicted octanol–water partition coefficient (Wildman–Crippen LogP) is 5.62. The van der Waals surface area contributed by atoms with Crippen LogP contribution >= 0.6 is 0 Å². The van der Waals surface area contributed by atoms with Crippen molar-refractivity contribution in [3.63, 3.8) is 0 Å². The van der Waals surface area contributed by atoms with Crippen LogP contribution in [-0.4, -0.2) is 15.0 Å². The number of pyridine rings is 1. The van der Waals surface area contributed by atoms with E-state index in [2.05, 4.69) is 39.7 Å². The molecule has 2 aromatic carbocycles. The zero-order chi connectivity index (χ0) is 20.1. The Labute approximate surface area is 165 Å². The van der Waals surface area contributed by atoms with E-state index in [1.807, 2.05) is 63.2 Å². The Bertz CT molecular complexity index is 1130. The number of benzene rings is 2. The summed E-state index contributed by atoms with van der Waals surface area (Å²) in [6.07, 6.45) is 1.65. The van der Waals surface area contributed by atoms with Gasteiger partial charge in [-0.25, -0.2) is 4.98 Å². The number of hydrogen-bond acceptors (Lipinski definition) is 4. The minimum Gasteiger partial charge on any atom is -0.397 e. The maximum atomic E-state index is 5.76. The molecule has 0 saturated heterocycles. The molecule has 0 atom stereocenters. The highest BCUT2D eigenvalue weighted by Gasteiger charge is 2.10. The topological polar surface area (TPSA) is 64.7 Å². The van der Waals surface area contributed by atoms with E-state index in [-0.39, 0.29) is 0 Å². The third-order valence-electron chi connectivity index (χ3n) is 4.27. The number of nitrogens with zero attached hydrogens (tertiary/aromatic N) is 3. The molecule has 140 valence electrons. The highest BCUT2D eigenvalue weighted by molar-refractivity contribution is 5.87. The van der Waals surface area contributed by atoms with Crippen LogP contribution in [0.1, 0.15) is 25.2 Å². The van der Waals surface area contributed by atoms with Crippen molar-refractivity contribution in [2.75, 3.05) is 0 Å². The average molecular weight is 368 g/mol. The van der Waals surface area contributed by atoms with Gasteiger partial charge in [0, 0.05) is 11.3 Å². The van der Waals surface area contributed by atoms with Crippen LogP contribution in [0, 0.1) is 6.92 Å². The van der Waals surface area contributed by atoms with Crippen LogP contribution in [-0.2, 0) is 0 Å². The highest BCUT2D eigenvalue weighted by atomic mass is 14.8. The third kappa shape index (κ3) is 3.91. The Morgan fingerprint density at radius 1 is 0.857 bits per heavy atom. The standard InChI is InChI=1S/C22H18N4.C2H6/c1-14-6-5-9-19(25-14)18-8-4-3-7-17(18)16-10-11-20-21(12-16)26-22(13-24-20)15(2)23;1-2/h3-13H,2,23H2,1H3;1-2H3. The van der Waals surface area contributed by atoms with E-state index < -0.39 is 0 Å².